The monoisotopic (exact) mass is 298 g/mol. The zero-order chi connectivity index (χ0) is 14.4. The van der Waals surface area contributed by atoms with Gasteiger partial charge in [-0.1, -0.05) is 6.07 Å². The number of hydrogen-bond donors (Lipinski definition) is 2. The predicted octanol–water partition coefficient (Wildman–Crippen LogP) is 1.85. The van der Waals surface area contributed by atoms with Gasteiger partial charge in [-0.3, -0.25) is 9.59 Å². The number of rotatable bonds is 1. The summed E-state index contributed by atoms with van der Waals surface area (Å²) < 4.78 is 8.56. The zero-order valence-corrected chi connectivity index (χ0v) is 11.6. The van der Waals surface area contributed by atoms with Gasteiger partial charge in [0.1, 0.15) is 11.0 Å². The number of fused-ring (bicyclic) bond motifs is 3. The number of hydrogen-bond acceptors (Lipinski definition) is 5. The van der Waals surface area contributed by atoms with Crippen molar-refractivity contribution in [2.24, 2.45) is 0 Å². The van der Waals surface area contributed by atoms with Crippen LogP contribution in [0.4, 0.5) is 5.69 Å². The summed E-state index contributed by atoms with van der Waals surface area (Å²) in [4.78, 5) is 26.7. The SMILES string of the molecule is O=C1C[C@@H](c2ccc[nH]c2=O)c2c(ccc3nsnc23)N1. The fourth-order valence-electron chi connectivity index (χ4n) is 2.80. The van der Waals surface area contributed by atoms with Crippen LogP contribution >= 0.6 is 11.7 Å². The average molecular weight is 298 g/mol. The number of aromatic nitrogens is 3. The predicted molar refractivity (Wildman–Crippen MR) is 79.6 cm³/mol. The number of amides is 1. The van der Waals surface area contributed by atoms with Gasteiger partial charge in [0.05, 0.1) is 11.7 Å². The normalized spacial score (nSPS) is 17.5. The number of aromatic amines is 1. The highest BCUT2D eigenvalue weighted by molar-refractivity contribution is 7.00. The molecule has 4 rings (SSSR count). The molecule has 21 heavy (non-hydrogen) atoms. The summed E-state index contributed by atoms with van der Waals surface area (Å²) in [7, 11) is 0. The van der Waals surface area contributed by atoms with Crippen LogP contribution in [0.15, 0.2) is 35.3 Å². The standard InChI is InChI=1S/C14H10N4O2S/c19-11-6-8(7-2-1-5-15-14(7)20)12-9(16-11)3-4-10-13(12)18-21-17-10/h1-5,8H,6H2,(H,15,20)(H,16,19)/t8-/m0/s1. The number of H-pyrrole nitrogens is 1. The molecule has 1 aromatic carbocycles. The Bertz CT molecular complexity index is 914. The molecular weight excluding hydrogens is 288 g/mol. The lowest BCUT2D eigenvalue weighted by molar-refractivity contribution is -0.116. The third kappa shape index (κ3) is 1.85. The Morgan fingerprint density at radius 2 is 2.10 bits per heavy atom. The first-order valence-corrected chi connectivity index (χ1v) is 7.19. The van der Waals surface area contributed by atoms with E-state index in [1.54, 1.807) is 18.3 Å². The van der Waals surface area contributed by atoms with Crippen LogP contribution in [0.2, 0.25) is 0 Å². The molecule has 3 heterocycles. The molecule has 6 nitrogen and oxygen atoms in total. The minimum absolute atomic E-state index is 0.0988. The molecule has 0 spiro atoms. The van der Waals surface area contributed by atoms with E-state index >= 15 is 0 Å². The van der Waals surface area contributed by atoms with E-state index < -0.39 is 0 Å². The minimum atomic E-state index is -0.300. The van der Waals surface area contributed by atoms with Crippen molar-refractivity contribution in [1.29, 1.82) is 0 Å². The number of anilines is 1. The first kappa shape index (κ1) is 12.2. The highest BCUT2D eigenvalue weighted by atomic mass is 32.1. The van der Waals surface area contributed by atoms with Gasteiger partial charge in [-0.25, -0.2) is 0 Å². The third-order valence-corrected chi connectivity index (χ3v) is 4.25. The molecule has 1 atom stereocenters. The molecule has 1 amide bonds. The van der Waals surface area contributed by atoms with Crippen LogP contribution in [0.25, 0.3) is 11.0 Å². The van der Waals surface area contributed by atoms with Crippen LogP contribution in [-0.2, 0) is 4.79 Å². The van der Waals surface area contributed by atoms with E-state index in [2.05, 4.69) is 19.0 Å². The van der Waals surface area contributed by atoms with Crippen LogP contribution in [0.5, 0.6) is 0 Å². The van der Waals surface area contributed by atoms with Gasteiger partial charge in [-0.2, -0.15) is 8.75 Å². The highest BCUT2D eigenvalue weighted by Gasteiger charge is 2.30. The fourth-order valence-corrected chi connectivity index (χ4v) is 3.35. The topological polar surface area (TPSA) is 87.7 Å². The van der Waals surface area contributed by atoms with E-state index in [1.165, 1.54) is 0 Å². The molecule has 0 bridgehead atoms. The number of nitrogens with zero attached hydrogens (tertiary/aromatic N) is 2. The van der Waals surface area contributed by atoms with Crippen molar-refractivity contribution in [1.82, 2.24) is 13.7 Å². The van der Waals surface area contributed by atoms with Gasteiger partial charge in [-0.05, 0) is 18.2 Å². The molecule has 104 valence electrons. The lowest BCUT2D eigenvalue weighted by Crippen LogP contribution is -2.27. The summed E-state index contributed by atoms with van der Waals surface area (Å²) in [6.07, 6.45) is 1.82. The molecule has 1 aliphatic rings. The molecule has 2 aromatic heterocycles. The van der Waals surface area contributed by atoms with Gasteiger partial charge in [-0.15, -0.1) is 0 Å². The van der Waals surface area contributed by atoms with E-state index in [-0.39, 0.29) is 23.8 Å². The second-order valence-electron chi connectivity index (χ2n) is 4.92. The number of nitrogens with one attached hydrogen (secondary N) is 2. The van der Waals surface area contributed by atoms with Crippen molar-refractivity contribution in [3.8, 4) is 0 Å². The molecule has 0 unspecified atom stereocenters. The van der Waals surface area contributed by atoms with Gasteiger partial charge in [0.2, 0.25) is 5.91 Å². The fraction of sp³-hybridized carbons (Fsp3) is 0.143. The number of pyridine rings is 1. The molecule has 1 aliphatic heterocycles. The van der Waals surface area contributed by atoms with Crippen molar-refractivity contribution >= 4 is 34.4 Å². The number of carbonyl (C=O) groups is 1. The maximum Gasteiger partial charge on any atom is 0.251 e. The highest BCUT2D eigenvalue weighted by Crippen LogP contribution is 2.39. The van der Waals surface area contributed by atoms with Crippen LogP contribution in [0, 0.1) is 0 Å². The summed E-state index contributed by atoms with van der Waals surface area (Å²) >= 11 is 1.13. The number of carbonyl (C=O) groups excluding carboxylic acids is 1. The minimum Gasteiger partial charge on any atom is -0.329 e. The van der Waals surface area contributed by atoms with E-state index in [0.717, 1.165) is 28.3 Å². The molecule has 7 heteroatoms. The molecule has 2 N–H and O–H groups in total. The van der Waals surface area contributed by atoms with E-state index in [1.807, 2.05) is 12.1 Å². The second-order valence-corrected chi connectivity index (χ2v) is 5.45. The Hall–Kier alpha value is -2.54. The maximum absolute atomic E-state index is 12.1. The van der Waals surface area contributed by atoms with Crippen LogP contribution < -0.4 is 10.9 Å². The Morgan fingerprint density at radius 1 is 1.19 bits per heavy atom. The Labute approximate surface area is 123 Å². The second kappa shape index (κ2) is 4.49. The Morgan fingerprint density at radius 3 is 2.95 bits per heavy atom. The third-order valence-electron chi connectivity index (χ3n) is 3.70. The maximum atomic E-state index is 12.1. The van der Waals surface area contributed by atoms with Crippen molar-refractivity contribution in [3.63, 3.8) is 0 Å². The summed E-state index contributed by atoms with van der Waals surface area (Å²) in [5.41, 5.74) is 3.52. The van der Waals surface area contributed by atoms with Crippen molar-refractivity contribution in [2.75, 3.05) is 5.32 Å². The smallest absolute Gasteiger partial charge is 0.251 e. The Balaban J connectivity index is 2.02. The quantitative estimate of drug-likeness (QED) is 0.717. The van der Waals surface area contributed by atoms with E-state index in [0.29, 0.717) is 11.3 Å². The summed E-state index contributed by atoms with van der Waals surface area (Å²) in [6, 6.07) is 7.17. The molecule has 3 aromatic rings. The summed E-state index contributed by atoms with van der Waals surface area (Å²) in [5.74, 6) is -0.399. The van der Waals surface area contributed by atoms with Gasteiger partial charge >= 0.3 is 0 Å². The lowest BCUT2D eigenvalue weighted by atomic mass is 9.84. The van der Waals surface area contributed by atoms with Crippen molar-refractivity contribution < 1.29 is 4.79 Å². The van der Waals surface area contributed by atoms with Crippen molar-refractivity contribution in [3.05, 3.63) is 51.9 Å². The van der Waals surface area contributed by atoms with E-state index in [4.69, 9.17) is 0 Å². The summed E-state index contributed by atoms with van der Waals surface area (Å²) in [6.45, 7) is 0. The Kier molecular flexibility index (Phi) is 2.61. The van der Waals surface area contributed by atoms with Gasteiger partial charge in [0.15, 0.2) is 0 Å². The first-order valence-electron chi connectivity index (χ1n) is 6.46. The van der Waals surface area contributed by atoms with Gasteiger partial charge < -0.3 is 10.3 Å². The summed E-state index contributed by atoms with van der Waals surface area (Å²) in [5, 5.41) is 2.85. The van der Waals surface area contributed by atoms with Crippen LogP contribution in [0.3, 0.4) is 0 Å². The largest absolute Gasteiger partial charge is 0.329 e. The van der Waals surface area contributed by atoms with Crippen LogP contribution in [-0.4, -0.2) is 19.6 Å². The number of benzene rings is 1. The zero-order valence-electron chi connectivity index (χ0n) is 10.8. The van der Waals surface area contributed by atoms with Crippen molar-refractivity contribution in [2.45, 2.75) is 12.3 Å². The van der Waals surface area contributed by atoms with Crippen LogP contribution in [0.1, 0.15) is 23.5 Å². The average Bonchev–Trinajstić information content (AvgIpc) is 2.95. The lowest BCUT2D eigenvalue weighted by Gasteiger charge is -2.25. The molecule has 0 aliphatic carbocycles. The molecule has 0 fully saturated rings. The molecule has 0 radical (unpaired) electrons. The molecular formula is C14H10N4O2S. The molecule has 0 saturated carbocycles. The van der Waals surface area contributed by atoms with E-state index in [9.17, 15) is 9.59 Å². The van der Waals surface area contributed by atoms with Gasteiger partial charge in [0.25, 0.3) is 5.56 Å². The first-order chi connectivity index (χ1) is 10.2. The van der Waals surface area contributed by atoms with Gasteiger partial charge in [0, 0.05) is 35.3 Å². The molecule has 0 saturated heterocycles.